The minimum absolute atomic E-state index is 0.208. The monoisotopic (exact) mass is 440 g/mol. The summed E-state index contributed by atoms with van der Waals surface area (Å²) in [5, 5.41) is 6.77. The van der Waals surface area contributed by atoms with E-state index in [2.05, 4.69) is 10.6 Å². The lowest BCUT2D eigenvalue weighted by Gasteiger charge is -2.19. The molecule has 0 radical (unpaired) electrons. The molecule has 2 N–H and O–H groups in total. The summed E-state index contributed by atoms with van der Waals surface area (Å²) in [4.78, 5) is 12.0. The number of amides is 1. The Labute approximate surface area is 178 Å². The number of hydrogen-bond acceptors (Lipinski definition) is 5. The van der Waals surface area contributed by atoms with E-state index in [0.29, 0.717) is 59.2 Å². The van der Waals surface area contributed by atoms with Gasteiger partial charge in [0.15, 0.2) is 16.6 Å². The van der Waals surface area contributed by atoms with E-state index in [4.69, 9.17) is 49.6 Å². The first-order chi connectivity index (χ1) is 13.5. The van der Waals surface area contributed by atoms with Crippen LogP contribution in [0.1, 0.15) is 12.8 Å². The van der Waals surface area contributed by atoms with Gasteiger partial charge in [-0.05, 0) is 49.0 Å². The summed E-state index contributed by atoms with van der Waals surface area (Å²) in [5.74, 6) is 1.65. The molecule has 6 nitrogen and oxygen atoms in total. The first-order valence-electron chi connectivity index (χ1n) is 8.59. The normalized spacial score (nSPS) is 12.2. The number of fused-ring (bicyclic) bond motifs is 1. The van der Waals surface area contributed by atoms with Gasteiger partial charge in [0.2, 0.25) is 5.91 Å². The van der Waals surface area contributed by atoms with E-state index >= 15 is 0 Å². The Morgan fingerprint density at radius 3 is 2.68 bits per heavy atom. The third-order valence-electron chi connectivity index (χ3n) is 3.75. The van der Waals surface area contributed by atoms with Crippen molar-refractivity contribution in [3.8, 4) is 17.2 Å². The van der Waals surface area contributed by atoms with Crippen molar-refractivity contribution >= 4 is 52.1 Å². The number of carbonyl (C=O) groups excluding carboxylic acids is 1. The van der Waals surface area contributed by atoms with E-state index in [0.717, 1.165) is 0 Å². The molecule has 0 aromatic heterocycles. The van der Waals surface area contributed by atoms with E-state index in [1.807, 2.05) is 0 Å². The number of benzene rings is 2. The summed E-state index contributed by atoms with van der Waals surface area (Å²) in [6, 6.07) is 10.4. The molecule has 28 heavy (non-hydrogen) atoms. The van der Waals surface area contributed by atoms with Gasteiger partial charge < -0.3 is 24.8 Å². The molecule has 1 aliphatic rings. The number of hydrogen-bond donors (Lipinski definition) is 2. The molecule has 148 valence electrons. The molecule has 0 saturated heterocycles. The van der Waals surface area contributed by atoms with Crippen molar-refractivity contribution in [2.24, 2.45) is 0 Å². The maximum Gasteiger partial charge on any atom is 0.226 e. The Kier molecular flexibility index (Phi) is 7.19. The van der Waals surface area contributed by atoms with Crippen molar-refractivity contribution in [3.05, 3.63) is 46.4 Å². The topological polar surface area (TPSA) is 68.8 Å². The van der Waals surface area contributed by atoms with Crippen molar-refractivity contribution in [1.29, 1.82) is 0 Å². The summed E-state index contributed by atoms with van der Waals surface area (Å²) in [7, 11) is 0. The molecular formula is C19H18Cl2N2O4S. The van der Waals surface area contributed by atoms with Crippen LogP contribution in [-0.4, -0.2) is 30.8 Å². The molecule has 0 unspecified atom stereocenters. The zero-order valence-corrected chi connectivity index (χ0v) is 17.1. The highest BCUT2D eigenvalue weighted by molar-refractivity contribution is 7.80. The largest absolute Gasteiger partial charge is 0.492 e. The summed E-state index contributed by atoms with van der Waals surface area (Å²) >= 11 is 17.0. The lowest BCUT2D eigenvalue weighted by molar-refractivity contribution is -0.119. The number of ether oxygens (including phenoxy) is 3. The summed E-state index contributed by atoms with van der Waals surface area (Å²) in [6.45, 7) is 1.38. The highest BCUT2D eigenvalue weighted by atomic mass is 35.5. The van der Waals surface area contributed by atoms with Gasteiger partial charge in [-0.25, -0.2) is 0 Å². The molecule has 0 fully saturated rings. The van der Waals surface area contributed by atoms with Crippen LogP contribution in [0.2, 0.25) is 10.0 Å². The molecule has 0 saturated carbocycles. The summed E-state index contributed by atoms with van der Waals surface area (Å²) < 4.78 is 16.5. The lowest BCUT2D eigenvalue weighted by Crippen LogP contribution is -2.34. The zero-order valence-electron chi connectivity index (χ0n) is 14.8. The molecule has 0 aliphatic carbocycles. The average Bonchev–Trinajstić information content (AvgIpc) is 2.66. The van der Waals surface area contributed by atoms with Crippen molar-refractivity contribution in [2.75, 3.05) is 25.1 Å². The molecule has 9 heteroatoms. The maximum atomic E-state index is 12.0. The number of nitrogens with one attached hydrogen (secondary N) is 2. The predicted molar refractivity (Wildman–Crippen MR) is 113 cm³/mol. The molecular weight excluding hydrogens is 423 g/mol. The van der Waals surface area contributed by atoms with E-state index in [-0.39, 0.29) is 17.4 Å². The van der Waals surface area contributed by atoms with Crippen LogP contribution in [0.25, 0.3) is 0 Å². The number of carbonyl (C=O) groups is 1. The van der Waals surface area contributed by atoms with Crippen molar-refractivity contribution < 1.29 is 19.0 Å². The van der Waals surface area contributed by atoms with E-state index in [1.54, 1.807) is 36.4 Å². The maximum absolute atomic E-state index is 12.0. The van der Waals surface area contributed by atoms with Crippen LogP contribution >= 0.6 is 35.4 Å². The van der Waals surface area contributed by atoms with Gasteiger partial charge in [-0.2, -0.15) is 0 Å². The summed E-state index contributed by atoms with van der Waals surface area (Å²) in [6.07, 6.45) is 0.769. The van der Waals surface area contributed by atoms with Gasteiger partial charge in [-0.1, -0.05) is 23.2 Å². The standard InChI is InChI=1S/C19H18Cl2N2O4S/c20-12-3-5-15(14(21)10-12)25-7-1-2-18(24)23-19(28)22-13-4-6-16-17(11-13)27-9-8-26-16/h3-6,10-11H,1-2,7-9H2,(H2,22,23,24,28). The van der Waals surface area contributed by atoms with Crippen LogP contribution in [0, 0.1) is 0 Å². The second-order valence-electron chi connectivity index (χ2n) is 5.89. The minimum Gasteiger partial charge on any atom is -0.492 e. The number of halogens is 2. The van der Waals surface area contributed by atoms with Crippen LogP contribution in [-0.2, 0) is 4.79 Å². The van der Waals surface area contributed by atoms with Gasteiger partial charge in [0.25, 0.3) is 0 Å². The van der Waals surface area contributed by atoms with Crippen LogP contribution < -0.4 is 24.8 Å². The van der Waals surface area contributed by atoms with Gasteiger partial charge in [0, 0.05) is 23.2 Å². The third kappa shape index (κ3) is 5.89. The second kappa shape index (κ2) is 9.82. The van der Waals surface area contributed by atoms with Crippen molar-refractivity contribution in [2.45, 2.75) is 12.8 Å². The fraction of sp³-hybridized carbons (Fsp3) is 0.263. The zero-order chi connectivity index (χ0) is 19.9. The Hall–Kier alpha value is -2.22. The van der Waals surface area contributed by atoms with Gasteiger partial charge in [-0.3, -0.25) is 4.79 Å². The number of anilines is 1. The van der Waals surface area contributed by atoms with E-state index < -0.39 is 0 Å². The number of rotatable bonds is 6. The fourth-order valence-electron chi connectivity index (χ4n) is 2.48. The van der Waals surface area contributed by atoms with E-state index in [9.17, 15) is 4.79 Å². The van der Waals surface area contributed by atoms with Gasteiger partial charge in [0.1, 0.15) is 19.0 Å². The Balaban J connectivity index is 1.39. The van der Waals surface area contributed by atoms with Crippen LogP contribution in [0.3, 0.4) is 0 Å². The molecule has 3 rings (SSSR count). The van der Waals surface area contributed by atoms with Gasteiger partial charge >= 0.3 is 0 Å². The molecule has 2 aromatic rings. The summed E-state index contributed by atoms with van der Waals surface area (Å²) in [5.41, 5.74) is 0.704. The molecule has 1 heterocycles. The highest BCUT2D eigenvalue weighted by Crippen LogP contribution is 2.32. The third-order valence-corrected chi connectivity index (χ3v) is 4.49. The minimum atomic E-state index is -0.208. The lowest BCUT2D eigenvalue weighted by atomic mass is 10.2. The van der Waals surface area contributed by atoms with Crippen molar-refractivity contribution in [3.63, 3.8) is 0 Å². The highest BCUT2D eigenvalue weighted by Gasteiger charge is 2.12. The molecule has 0 atom stereocenters. The van der Waals surface area contributed by atoms with Crippen LogP contribution in [0.4, 0.5) is 5.69 Å². The van der Waals surface area contributed by atoms with Crippen molar-refractivity contribution in [1.82, 2.24) is 5.32 Å². The molecule has 1 amide bonds. The van der Waals surface area contributed by atoms with E-state index in [1.165, 1.54) is 0 Å². The fourth-order valence-corrected chi connectivity index (χ4v) is 3.17. The number of thiocarbonyl (C=S) groups is 1. The first-order valence-corrected chi connectivity index (χ1v) is 9.76. The second-order valence-corrected chi connectivity index (χ2v) is 7.14. The van der Waals surface area contributed by atoms with Crippen LogP contribution in [0.5, 0.6) is 17.2 Å². The SMILES string of the molecule is O=C(CCCOc1ccc(Cl)cc1Cl)NC(=S)Nc1ccc2c(c1)OCCO2. The van der Waals surface area contributed by atoms with Gasteiger partial charge in [-0.15, -0.1) is 0 Å². The average molecular weight is 441 g/mol. The molecule has 0 spiro atoms. The predicted octanol–water partition coefficient (Wildman–Crippen LogP) is 4.44. The van der Waals surface area contributed by atoms with Crippen LogP contribution in [0.15, 0.2) is 36.4 Å². The quantitative estimate of drug-likeness (QED) is 0.511. The Morgan fingerprint density at radius 2 is 1.89 bits per heavy atom. The van der Waals surface area contributed by atoms with Gasteiger partial charge in [0.05, 0.1) is 11.6 Å². The Bertz CT molecular complexity index is 879. The Morgan fingerprint density at radius 1 is 1.11 bits per heavy atom. The smallest absolute Gasteiger partial charge is 0.226 e. The molecule has 2 aromatic carbocycles. The first kappa shape index (κ1) is 20.5. The molecule has 0 bridgehead atoms. The molecule has 1 aliphatic heterocycles.